The Balaban J connectivity index is 1.59. The van der Waals surface area contributed by atoms with Crippen LogP contribution in [0.5, 0.6) is 11.5 Å². The maximum absolute atomic E-state index is 13.7. The van der Waals surface area contributed by atoms with Crippen molar-refractivity contribution < 1.29 is 28.2 Å². The third-order valence-corrected chi connectivity index (χ3v) is 7.35. The fourth-order valence-electron chi connectivity index (χ4n) is 5.04. The molecule has 0 aromatic heterocycles. The lowest BCUT2D eigenvalue weighted by molar-refractivity contribution is -0.146. The van der Waals surface area contributed by atoms with Gasteiger partial charge in [0.25, 0.3) is 0 Å². The van der Waals surface area contributed by atoms with E-state index < -0.39 is 17.8 Å². The molecule has 1 heterocycles. The molecular weight excluding hydrogens is 553 g/mol. The largest absolute Gasteiger partial charge is 0.493 e. The molecule has 1 aliphatic carbocycles. The molecule has 5 rings (SSSR count). The molecule has 0 saturated carbocycles. The minimum atomic E-state index is -0.783. The first-order valence-electron chi connectivity index (χ1n) is 12.2. The molecule has 194 valence electrons. The Morgan fingerprint density at radius 2 is 1.79 bits per heavy atom. The van der Waals surface area contributed by atoms with Crippen LogP contribution in [0.2, 0.25) is 0 Å². The summed E-state index contributed by atoms with van der Waals surface area (Å²) in [4.78, 5) is 31.6. The van der Waals surface area contributed by atoms with Crippen molar-refractivity contribution in [2.45, 2.75) is 26.4 Å². The minimum Gasteiger partial charge on any atom is -0.493 e. The Kier molecular flexibility index (Phi) is 7.17. The highest BCUT2D eigenvalue weighted by molar-refractivity contribution is 9.10. The minimum absolute atomic E-state index is 0.155. The highest BCUT2D eigenvalue weighted by atomic mass is 79.9. The Hall–Kier alpha value is -3.78. The van der Waals surface area contributed by atoms with Gasteiger partial charge in [-0.1, -0.05) is 36.4 Å². The van der Waals surface area contributed by atoms with Gasteiger partial charge in [-0.15, -0.1) is 0 Å². The molecular formula is C30H25BrFNO5. The molecule has 1 unspecified atom stereocenters. The van der Waals surface area contributed by atoms with Crippen molar-refractivity contribution >= 4 is 39.1 Å². The first-order valence-corrected chi connectivity index (χ1v) is 13.0. The zero-order valence-corrected chi connectivity index (χ0v) is 22.7. The molecule has 0 saturated heterocycles. The number of benzene rings is 3. The first-order chi connectivity index (χ1) is 18.3. The van der Waals surface area contributed by atoms with Gasteiger partial charge >= 0.3 is 5.97 Å². The molecule has 0 radical (unpaired) electrons. The number of esters is 1. The quantitative estimate of drug-likeness (QED) is 0.299. The smallest absolute Gasteiger partial charge is 0.315 e. The van der Waals surface area contributed by atoms with E-state index in [0.29, 0.717) is 44.1 Å². The molecule has 1 aliphatic heterocycles. The highest BCUT2D eigenvalue weighted by Gasteiger charge is 2.46. The van der Waals surface area contributed by atoms with E-state index in [-0.39, 0.29) is 24.8 Å². The van der Waals surface area contributed by atoms with Crippen molar-refractivity contribution in [1.82, 2.24) is 0 Å². The Morgan fingerprint density at radius 1 is 1.08 bits per heavy atom. The summed E-state index contributed by atoms with van der Waals surface area (Å²) in [5.74, 6) is -1.48. The normalized spacial score (nSPS) is 18.0. The number of rotatable bonds is 7. The molecule has 8 heteroatoms. The van der Waals surface area contributed by atoms with E-state index >= 15 is 0 Å². The summed E-state index contributed by atoms with van der Waals surface area (Å²) < 4.78 is 31.0. The van der Waals surface area contributed by atoms with E-state index in [2.05, 4.69) is 15.9 Å². The number of ketones is 1. The van der Waals surface area contributed by atoms with E-state index in [0.717, 1.165) is 11.1 Å². The number of hydrogen-bond donors (Lipinski definition) is 0. The van der Waals surface area contributed by atoms with Gasteiger partial charge in [0.05, 0.1) is 23.9 Å². The number of nitrogens with zero attached hydrogens (tertiary/aromatic N) is 1. The number of fused-ring (bicyclic) bond motifs is 2. The first kappa shape index (κ1) is 25.9. The number of Topliss-reactive ketones (excluding diaryl/α,β-unsaturated/α-hetero) is 1. The Bertz CT molecular complexity index is 1490. The molecule has 0 bridgehead atoms. The summed E-state index contributed by atoms with van der Waals surface area (Å²) in [5.41, 5.74) is 4.41. The summed E-state index contributed by atoms with van der Waals surface area (Å²) in [6.45, 7) is 3.93. The monoisotopic (exact) mass is 577 g/mol. The maximum atomic E-state index is 13.7. The molecule has 38 heavy (non-hydrogen) atoms. The molecule has 6 nitrogen and oxygen atoms in total. The molecule has 0 amide bonds. The van der Waals surface area contributed by atoms with E-state index in [9.17, 15) is 14.0 Å². The maximum Gasteiger partial charge on any atom is 0.315 e. The summed E-state index contributed by atoms with van der Waals surface area (Å²) in [6.07, 6.45) is 0. The number of carbonyl (C=O) groups is 2. The van der Waals surface area contributed by atoms with Crippen LogP contribution in [-0.4, -0.2) is 31.2 Å². The lowest BCUT2D eigenvalue weighted by Gasteiger charge is -2.31. The lowest BCUT2D eigenvalue weighted by atomic mass is 9.75. The van der Waals surface area contributed by atoms with Crippen LogP contribution in [-0.2, 0) is 16.1 Å². The zero-order chi connectivity index (χ0) is 27.0. The van der Waals surface area contributed by atoms with Crippen LogP contribution in [0.1, 0.15) is 46.8 Å². The third-order valence-electron chi connectivity index (χ3n) is 6.76. The third kappa shape index (κ3) is 4.53. The van der Waals surface area contributed by atoms with Crippen molar-refractivity contribution in [2.75, 3.05) is 13.7 Å². The van der Waals surface area contributed by atoms with Crippen LogP contribution >= 0.6 is 15.9 Å². The lowest BCUT2D eigenvalue weighted by Crippen LogP contribution is -2.35. The average Bonchev–Trinajstić information content (AvgIpc) is 3.19. The number of ether oxygens (including phenoxy) is 3. The summed E-state index contributed by atoms with van der Waals surface area (Å²) in [5, 5.41) is 0. The number of methoxy groups -OCH3 is 1. The summed E-state index contributed by atoms with van der Waals surface area (Å²) in [6, 6.07) is 17.0. The number of halogens is 2. The van der Waals surface area contributed by atoms with Crippen molar-refractivity contribution in [3.63, 3.8) is 0 Å². The van der Waals surface area contributed by atoms with Gasteiger partial charge in [0.1, 0.15) is 18.3 Å². The second-order valence-electron chi connectivity index (χ2n) is 9.05. The van der Waals surface area contributed by atoms with Crippen molar-refractivity contribution in [2.24, 2.45) is 10.9 Å². The van der Waals surface area contributed by atoms with Crippen molar-refractivity contribution in [3.05, 3.63) is 98.8 Å². The fourth-order valence-corrected chi connectivity index (χ4v) is 5.62. The van der Waals surface area contributed by atoms with Crippen LogP contribution in [0.4, 0.5) is 4.39 Å². The van der Waals surface area contributed by atoms with Gasteiger partial charge in [-0.3, -0.25) is 14.6 Å². The summed E-state index contributed by atoms with van der Waals surface area (Å²) >= 11 is 3.60. The van der Waals surface area contributed by atoms with E-state index in [1.165, 1.54) is 19.2 Å². The predicted molar refractivity (Wildman–Crippen MR) is 145 cm³/mol. The molecule has 3 aromatic rings. The zero-order valence-electron chi connectivity index (χ0n) is 21.1. The second kappa shape index (κ2) is 10.5. The van der Waals surface area contributed by atoms with Crippen LogP contribution in [0.15, 0.2) is 75.7 Å². The van der Waals surface area contributed by atoms with Gasteiger partial charge in [-0.05, 0) is 65.2 Å². The molecule has 0 N–H and O–H groups in total. The number of carbonyl (C=O) groups excluding carboxylic acids is 2. The SMILES string of the molecule is CCOC(=O)C1C(C)=NC2=C(C(=O)c3ccccc32)[C@@H]1c1cc(Br)c(OCc2ccc(F)cc2)c(OC)c1. The second-order valence-corrected chi connectivity index (χ2v) is 9.90. The molecule has 2 atom stereocenters. The van der Waals surface area contributed by atoms with Crippen LogP contribution in [0, 0.1) is 11.7 Å². The predicted octanol–water partition coefficient (Wildman–Crippen LogP) is 6.52. The van der Waals surface area contributed by atoms with Gasteiger partial charge in [0.15, 0.2) is 17.3 Å². The van der Waals surface area contributed by atoms with Crippen molar-refractivity contribution in [1.29, 1.82) is 0 Å². The van der Waals surface area contributed by atoms with E-state index in [1.54, 1.807) is 38.1 Å². The molecule has 0 fully saturated rings. The number of allylic oxidation sites excluding steroid dienone is 1. The Morgan fingerprint density at radius 3 is 2.47 bits per heavy atom. The van der Waals surface area contributed by atoms with Gasteiger partial charge in [0, 0.05) is 28.3 Å². The van der Waals surface area contributed by atoms with Crippen LogP contribution in [0.3, 0.4) is 0 Å². The molecule has 2 aliphatic rings. The van der Waals surface area contributed by atoms with Gasteiger partial charge in [-0.25, -0.2) is 4.39 Å². The van der Waals surface area contributed by atoms with Gasteiger partial charge in [-0.2, -0.15) is 0 Å². The van der Waals surface area contributed by atoms with Gasteiger partial charge in [0.2, 0.25) is 0 Å². The van der Waals surface area contributed by atoms with E-state index in [1.807, 2.05) is 24.3 Å². The molecule has 0 spiro atoms. The summed E-state index contributed by atoms with van der Waals surface area (Å²) in [7, 11) is 1.52. The van der Waals surface area contributed by atoms with Crippen LogP contribution in [0.25, 0.3) is 5.70 Å². The fraction of sp³-hybridized carbons (Fsp3) is 0.233. The van der Waals surface area contributed by atoms with E-state index in [4.69, 9.17) is 19.2 Å². The topological polar surface area (TPSA) is 74.2 Å². The Labute approximate surface area is 228 Å². The average molecular weight is 578 g/mol. The highest BCUT2D eigenvalue weighted by Crippen LogP contribution is 2.50. The van der Waals surface area contributed by atoms with Crippen molar-refractivity contribution in [3.8, 4) is 11.5 Å². The van der Waals surface area contributed by atoms with Crippen LogP contribution < -0.4 is 9.47 Å². The molecule has 3 aromatic carbocycles. The number of aliphatic imine (C=N–C) groups is 1. The van der Waals surface area contributed by atoms with Gasteiger partial charge < -0.3 is 14.2 Å². The number of hydrogen-bond acceptors (Lipinski definition) is 6. The standard InChI is InChI=1S/C30H25BrFNO5/c1-4-37-30(35)24-16(2)33-27-20-7-5-6-8-21(20)28(34)26(27)25(24)18-13-22(31)29(23(14-18)36-3)38-15-17-9-11-19(32)12-10-17/h5-14,24-25H,4,15H2,1-3H3/t24?,25-/m1/s1.